The number of rotatable bonds is 4. The molecule has 0 saturated carbocycles. The van der Waals surface area contributed by atoms with Crippen LogP contribution in [-0.2, 0) is 4.74 Å². The molecule has 1 aromatic heterocycles. The summed E-state index contributed by atoms with van der Waals surface area (Å²) in [5.41, 5.74) is 1.16. The lowest BCUT2D eigenvalue weighted by atomic mass is 10.2. The first-order valence-corrected chi connectivity index (χ1v) is 6.16. The normalized spacial score (nSPS) is 19.4. The zero-order chi connectivity index (χ0) is 12.4. The number of nitrogens with one attached hydrogen (secondary N) is 2. The second kappa shape index (κ2) is 5.01. The molecule has 0 fully saturated rings. The van der Waals surface area contributed by atoms with Gasteiger partial charge in [0, 0.05) is 12.7 Å². The monoisotopic (exact) mass is 255 g/mol. The number of aromatic nitrogens is 1. The molecule has 2 heterocycles. The Hall–Kier alpha value is -1.14. The van der Waals surface area contributed by atoms with Crippen molar-refractivity contribution in [1.82, 2.24) is 10.3 Å². The zero-order valence-electron chi connectivity index (χ0n) is 9.93. The largest absolute Gasteiger partial charge is 0.377 e. The average Bonchev–Trinajstić information content (AvgIpc) is 2.71. The number of thiol groups is 1. The fourth-order valence-corrected chi connectivity index (χ4v) is 2.17. The number of aromatic amines is 1. The number of hydrogen-bond acceptors (Lipinski definition) is 4. The molecule has 0 bridgehead atoms. The highest BCUT2D eigenvalue weighted by Crippen LogP contribution is 2.26. The van der Waals surface area contributed by atoms with Gasteiger partial charge in [-0.3, -0.25) is 4.79 Å². The van der Waals surface area contributed by atoms with E-state index in [-0.39, 0.29) is 17.5 Å². The Kier molecular flexibility index (Phi) is 3.63. The minimum Gasteiger partial charge on any atom is -0.377 e. The van der Waals surface area contributed by atoms with E-state index in [1.165, 1.54) is 0 Å². The van der Waals surface area contributed by atoms with E-state index in [4.69, 9.17) is 4.74 Å². The first kappa shape index (κ1) is 12.3. The van der Waals surface area contributed by atoms with E-state index in [0.717, 1.165) is 5.69 Å². The number of H-pyrrole nitrogens is 1. The van der Waals surface area contributed by atoms with Gasteiger partial charge in [-0.25, -0.2) is 0 Å². The Morgan fingerprint density at radius 3 is 3.06 bits per heavy atom. The number of ether oxygens (including phenoxy) is 1. The summed E-state index contributed by atoms with van der Waals surface area (Å²) in [6, 6.07) is 1.88. The summed E-state index contributed by atoms with van der Waals surface area (Å²) >= 11 is 4.36. The van der Waals surface area contributed by atoms with Crippen LogP contribution in [0.1, 0.15) is 24.3 Å². The first-order valence-electron chi connectivity index (χ1n) is 5.64. The number of carbonyl (C=O) groups is 1. The van der Waals surface area contributed by atoms with E-state index in [0.29, 0.717) is 18.8 Å². The molecule has 0 spiro atoms. The minimum absolute atomic E-state index is 0.119. The van der Waals surface area contributed by atoms with E-state index in [2.05, 4.69) is 22.9 Å². The predicted molar refractivity (Wildman–Crippen MR) is 69.5 cm³/mol. The van der Waals surface area contributed by atoms with Crippen LogP contribution in [0.2, 0.25) is 0 Å². The van der Waals surface area contributed by atoms with Gasteiger partial charge in [0.2, 0.25) is 0 Å². The predicted octanol–water partition coefficient (Wildman–Crippen LogP) is 1.20. The first-order chi connectivity index (χ1) is 8.09. The van der Waals surface area contributed by atoms with Crippen molar-refractivity contribution in [2.45, 2.75) is 25.4 Å². The number of anilines is 1. The van der Waals surface area contributed by atoms with Crippen molar-refractivity contribution in [2.75, 3.05) is 18.1 Å². The fourth-order valence-electron chi connectivity index (χ4n) is 1.81. The van der Waals surface area contributed by atoms with Crippen molar-refractivity contribution in [3.05, 3.63) is 18.0 Å². The van der Waals surface area contributed by atoms with Crippen molar-refractivity contribution in [3.8, 4) is 0 Å². The highest BCUT2D eigenvalue weighted by atomic mass is 32.1. The van der Waals surface area contributed by atoms with Crippen LogP contribution in [0.3, 0.4) is 0 Å². The van der Waals surface area contributed by atoms with Crippen LogP contribution in [0.5, 0.6) is 0 Å². The fraction of sp³-hybridized carbons (Fsp3) is 0.545. The van der Waals surface area contributed by atoms with Gasteiger partial charge in [0.15, 0.2) is 0 Å². The van der Waals surface area contributed by atoms with Crippen LogP contribution in [-0.4, -0.2) is 35.6 Å². The molecule has 1 atom stereocenters. The van der Waals surface area contributed by atoms with Crippen molar-refractivity contribution in [1.29, 1.82) is 0 Å². The van der Waals surface area contributed by atoms with E-state index >= 15 is 0 Å². The molecule has 0 aliphatic carbocycles. The third kappa shape index (κ3) is 2.58. The van der Waals surface area contributed by atoms with Crippen LogP contribution in [0, 0.1) is 0 Å². The highest BCUT2D eigenvalue weighted by Gasteiger charge is 2.29. The molecule has 2 rings (SSSR count). The maximum absolute atomic E-state index is 11.6. The third-order valence-corrected chi connectivity index (χ3v) is 3.01. The summed E-state index contributed by atoms with van der Waals surface area (Å²) in [6.45, 7) is 5.29. The molecule has 1 aromatic rings. The summed E-state index contributed by atoms with van der Waals surface area (Å²) < 4.78 is 5.51. The second-order valence-corrected chi connectivity index (χ2v) is 4.69. The van der Waals surface area contributed by atoms with Gasteiger partial charge >= 0.3 is 0 Å². The number of nitrogens with zero attached hydrogens (tertiary/aromatic N) is 1. The molecule has 0 saturated heterocycles. The van der Waals surface area contributed by atoms with Gasteiger partial charge in [0.05, 0.1) is 18.4 Å². The Balaban J connectivity index is 2.07. The van der Waals surface area contributed by atoms with Crippen molar-refractivity contribution in [2.24, 2.45) is 0 Å². The minimum atomic E-state index is -0.304. The Morgan fingerprint density at radius 2 is 2.35 bits per heavy atom. The molecule has 5 nitrogen and oxygen atoms in total. The van der Waals surface area contributed by atoms with Crippen LogP contribution >= 0.6 is 12.6 Å². The van der Waals surface area contributed by atoms with Gasteiger partial charge in [-0.05, 0) is 19.9 Å². The molecular formula is C11H17N3O2S. The van der Waals surface area contributed by atoms with E-state index in [1.54, 1.807) is 6.20 Å². The molecule has 1 aliphatic rings. The maximum Gasteiger partial charge on any atom is 0.272 e. The van der Waals surface area contributed by atoms with Gasteiger partial charge in [0.1, 0.15) is 11.2 Å². The molecule has 1 unspecified atom stereocenters. The molecular weight excluding hydrogens is 238 g/mol. The standard InChI is InChI=1S/C11H17N3O2S/c1-7(2)16-6-5-14-8-3-4-12-9(8)10(15)13-11(14)17/h3-4,7,11-12,17H,5-6H2,1-2H3,(H,13,15). The van der Waals surface area contributed by atoms with Gasteiger partial charge in [-0.1, -0.05) is 0 Å². The van der Waals surface area contributed by atoms with Gasteiger partial charge < -0.3 is 19.9 Å². The maximum atomic E-state index is 11.6. The Bertz CT molecular complexity index is 405. The molecule has 1 aliphatic heterocycles. The number of fused-ring (bicyclic) bond motifs is 1. The lowest BCUT2D eigenvalue weighted by Crippen LogP contribution is -2.50. The van der Waals surface area contributed by atoms with Crippen LogP contribution in [0.15, 0.2) is 12.3 Å². The average molecular weight is 255 g/mol. The summed E-state index contributed by atoms with van der Waals surface area (Å²) in [6.07, 6.45) is 1.96. The zero-order valence-corrected chi connectivity index (χ0v) is 10.8. The summed E-state index contributed by atoms with van der Waals surface area (Å²) in [5.74, 6) is -0.119. The SMILES string of the molecule is CC(C)OCCN1c2cc[nH]c2C(=O)NC1S. The van der Waals surface area contributed by atoms with E-state index in [1.807, 2.05) is 24.8 Å². The van der Waals surface area contributed by atoms with Gasteiger partial charge in [-0.2, -0.15) is 0 Å². The summed E-state index contributed by atoms with van der Waals surface area (Å²) in [7, 11) is 0. The molecule has 0 aromatic carbocycles. The topological polar surface area (TPSA) is 57.4 Å². The van der Waals surface area contributed by atoms with Crippen molar-refractivity contribution < 1.29 is 9.53 Å². The van der Waals surface area contributed by atoms with Crippen molar-refractivity contribution >= 4 is 24.2 Å². The molecule has 2 N–H and O–H groups in total. The molecule has 17 heavy (non-hydrogen) atoms. The number of amides is 1. The number of hydrogen-bond donors (Lipinski definition) is 3. The molecule has 0 radical (unpaired) electrons. The highest BCUT2D eigenvalue weighted by molar-refractivity contribution is 7.81. The lowest BCUT2D eigenvalue weighted by Gasteiger charge is -2.34. The molecule has 94 valence electrons. The van der Waals surface area contributed by atoms with Crippen molar-refractivity contribution in [3.63, 3.8) is 0 Å². The van der Waals surface area contributed by atoms with Crippen LogP contribution in [0.25, 0.3) is 0 Å². The molecule has 6 heteroatoms. The Morgan fingerprint density at radius 1 is 1.59 bits per heavy atom. The smallest absolute Gasteiger partial charge is 0.272 e. The van der Waals surface area contributed by atoms with Crippen LogP contribution in [0.4, 0.5) is 5.69 Å². The van der Waals surface area contributed by atoms with E-state index in [9.17, 15) is 4.79 Å². The molecule has 1 amide bonds. The van der Waals surface area contributed by atoms with Gasteiger partial charge in [-0.15, -0.1) is 12.6 Å². The van der Waals surface area contributed by atoms with Crippen LogP contribution < -0.4 is 10.2 Å². The van der Waals surface area contributed by atoms with Gasteiger partial charge in [0.25, 0.3) is 5.91 Å². The summed E-state index contributed by atoms with van der Waals surface area (Å²) in [5, 5.41) is 2.77. The number of carbonyl (C=O) groups excluding carboxylic acids is 1. The second-order valence-electron chi connectivity index (χ2n) is 4.20. The lowest BCUT2D eigenvalue weighted by molar-refractivity contribution is 0.0818. The third-order valence-electron chi connectivity index (χ3n) is 2.60. The van der Waals surface area contributed by atoms with E-state index < -0.39 is 0 Å². The quantitative estimate of drug-likeness (QED) is 0.709. The summed E-state index contributed by atoms with van der Waals surface area (Å²) in [4.78, 5) is 16.6. The Labute approximate surface area is 106 Å².